The van der Waals surface area contributed by atoms with E-state index in [-0.39, 0.29) is 5.41 Å². The first-order valence-corrected chi connectivity index (χ1v) is 6.69. The van der Waals surface area contributed by atoms with Crippen molar-refractivity contribution in [3.63, 3.8) is 0 Å². The van der Waals surface area contributed by atoms with E-state index in [9.17, 15) is 14.5 Å². The summed E-state index contributed by atoms with van der Waals surface area (Å²) in [5.74, 6) is -0.744. The Kier molecular flexibility index (Phi) is 4.67. The molecule has 20 heavy (non-hydrogen) atoms. The highest BCUT2D eigenvalue weighted by atomic mass is 19.1. The Bertz CT molecular complexity index is 489. The fourth-order valence-electron chi connectivity index (χ4n) is 2.32. The number of nitro groups is 1. The van der Waals surface area contributed by atoms with Gasteiger partial charge in [0.25, 0.3) is 0 Å². The SMILES string of the molecule is COCCC1(CNCc2cccc([N+](=O)[O-])c2F)CC1. The molecule has 2 rings (SSSR count). The van der Waals surface area contributed by atoms with Crippen LogP contribution in [0.3, 0.4) is 0 Å². The second-order valence-electron chi connectivity index (χ2n) is 5.35. The zero-order valence-corrected chi connectivity index (χ0v) is 11.5. The summed E-state index contributed by atoms with van der Waals surface area (Å²) in [5.41, 5.74) is 0.138. The molecule has 0 radical (unpaired) electrons. The number of ether oxygens (including phenoxy) is 1. The van der Waals surface area contributed by atoms with Crippen molar-refractivity contribution in [1.82, 2.24) is 5.32 Å². The van der Waals surface area contributed by atoms with Crippen molar-refractivity contribution in [2.45, 2.75) is 25.8 Å². The van der Waals surface area contributed by atoms with Crippen LogP contribution in [0.15, 0.2) is 18.2 Å². The lowest BCUT2D eigenvalue weighted by Gasteiger charge is -2.15. The smallest absolute Gasteiger partial charge is 0.305 e. The topological polar surface area (TPSA) is 64.4 Å². The molecule has 1 aromatic rings. The van der Waals surface area contributed by atoms with Gasteiger partial charge in [0.05, 0.1) is 4.92 Å². The van der Waals surface area contributed by atoms with Crippen molar-refractivity contribution in [3.05, 3.63) is 39.7 Å². The van der Waals surface area contributed by atoms with Crippen molar-refractivity contribution in [1.29, 1.82) is 0 Å². The van der Waals surface area contributed by atoms with Crippen LogP contribution in [0.1, 0.15) is 24.8 Å². The van der Waals surface area contributed by atoms with Gasteiger partial charge in [0.15, 0.2) is 0 Å². The van der Waals surface area contributed by atoms with Gasteiger partial charge >= 0.3 is 5.69 Å². The van der Waals surface area contributed by atoms with Gasteiger partial charge in [-0.2, -0.15) is 4.39 Å². The van der Waals surface area contributed by atoms with Crippen LogP contribution in [-0.4, -0.2) is 25.2 Å². The van der Waals surface area contributed by atoms with E-state index in [1.54, 1.807) is 13.2 Å². The van der Waals surface area contributed by atoms with Gasteiger partial charge in [-0.3, -0.25) is 10.1 Å². The Hall–Kier alpha value is -1.53. The molecule has 0 bridgehead atoms. The van der Waals surface area contributed by atoms with Crippen LogP contribution in [0.2, 0.25) is 0 Å². The number of hydrogen-bond donors (Lipinski definition) is 1. The average Bonchev–Trinajstić information content (AvgIpc) is 3.18. The zero-order valence-electron chi connectivity index (χ0n) is 11.5. The number of nitro benzene ring substituents is 1. The summed E-state index contributed by atoms with van der Waals surface area (Å²) in [4.78, 5) is 9.97. The molecule has 0 heterocycles. The zero-order chi connectivity index (χ0) is 14.6. The molecule has 6 heteroatoms. The van der Waals surface area contributed by atoms with E-state index in [0.29, 0.717) is 12.1 Å². The monoisotopic (exact) mass is 282 g/mol. The molecule has 0 atom stereocenters. The van der Waals surface area contributed by atoms with Crippen LogP contribution in [0.25, 0.3) is 0 Å². The molecular formula is C14H19FN2O3. The largest absolute Gasteiger partial charge is 0.385 e. The summed E-state index contributed by atoms with van der Waals surface area (Å²) in [6.45, 7) is 1.83. The summed E-state index contributed by atoms with van der Waals surface area (Å²) in [7, 11) is 1.68. The minimum atomic E-state index is -0.744. The minimum absolute atomic E-state index is 0.271. The molecule has 1 saturated carbocycles. The molecule has 1 aliphatic carbocycles. The molecule has 0 amide bonds. The molecule has 5 nitrogen and oxygen atoms in total. The Morgan fingerprint density at radius 1 is 1.50 bits per heavy atom. The lowest BCUT2D eigenvalue weighted by atomic mass is 10.0. The standard InChI is InChI=1S/C14H19FN2O3/c1-20-8-7-14(5-6-14)10-16-9-11-3-2-4-12(13(11)15)17(18)19/h2-4,16H,5-10H2,1H3. The van der Waals surface area contributed by atoms with Crippen LogP contribution < -0.4 is 5.32 Å². The second-order valence-corrected chi connectivity index (χ2v) is 5.35. The minimum Gasteiger partial charge on any atom is -0.385 e. The van der Waals surface area contributed by atoms with Crippen LogP contribution in [0.4, 0.5) is 10.1 Å². The van der Waals surface area contributed by atoms with Gasteiger partial charge in [0, 0.05) is 38.4 Å². The summed E-state index contributed by atoms with van der Waals surface area (Å²) in [6.07, 6.45) is 3.30. The Morgan fingerprint density at radius 3 is 2.85 bits per heavy atom. The normalized spacial score (nSPS) is 16.1. The Balaban J connectivity index is 1.89. The quantitative estimate of drug-likeness (QED) is 0.588. The number of methoxy groups -OCH3 is 1. The van der Waals surface area contributed by atoms with Crippen molar-refractivity contribution < 1.29 is 14.1 Å². The highest BCUT2D eigenvalue weighted by molar-refractivity contribution is 5.36. The van der Waals surface area contributed by atoms with Gasteiger partial charge in [-0.15, -0.1) is 0 Å². The van der Waals surface area contributed by atoms with Gasteiger partial charge in [-0.25, -0.2) is 0 Å². The highest BCUT2D eigenvalue weighted by Gasteiger charge is 2.41. The van der Waals surface area contributed by atoms with Crippen LogP contribution in [0.5, 0.6) is 0 Å². The van der Waals surface area contributed by atoms with Crippen molar-refractivity contribution in [2.24, 2.45) is 5.41 Å². The molecule has 0 aliphatic heterocycles. The van der Waals surface area contributed by atoms with Crippen LogP contribution in [-0.2, 0) is 11.3 Å². The van der Waals surface area contributed by atoms with Crippen molar-refractivity contribution in [3.8, 4) is 0 Å². The van der Waals surface area contributed by atoms with E-state index in [1.165, 1.54) is 12.1 Å². The maximum atomic E-state index is 13.9. The molecule has 0 aromatic heterocycles. The van der Waals surface area contributed by atoms with E-state index in [1.807, 2.05) is 0 Å². The number of nitrogens with one attached hydrogen (secondary N) is 1. The average molecular weight is 282 g/mol. The first-order chi connectivity index (χ1) is 9.58. The molecule has 1 fully saturated rings. The molecule has 0 unspecified atom stereocenters. The van der Waals surface area contributed by atoms with Gasteiger partial charge in [-0.05, 0) is 24.7 Å². The third-order valence-corrected chi connectivity index (χ3v) is 3.86. The van der Waals surface area contributed by atoms with Gasteiger partial charge in [0.2, 0.25) is 5.82 Å². The number of nitrogens with zero attached hydrogens (tertiary/aromatic N) is 1. The van der Waals surface area contributed by atoms with Crippen LogP contribution in [0, 0.1) is 21.3 Å². The van der Waals surface area contributed by atoms with Gasteiger partial charge in [0.1, 0.15) is 0 Å². The van der Waals surface area contributed by atoms with Crippen molar-refractivity contribution >= 4 is 5.69 Å². The first-order valence-electron chi connectivity index (χ1n) is 6.69. The summed E-state index contributed by atoms with van der Waals surface area (Å²) in [5, 5.41) is 13.9. The number of hydrogen-bond acceptors (Lipinski definition) is 4. The molecule has 110 valence electrons. The number of rotatable bonds is 8. The van der Waals surface area contributed by atoms with Crippen molar-refractivity contribution in [2.75, 3.05) is 20.3 Å². The fraction of sp³-hybridized carbons (Fsp3) is 0.571. The first kappa shape index (κ1) is 14.9. The predicted octanol–water partition coefficient (Wildman–Crippen LogP) is 2.64. The summed E-state index contributed by atoms with van der Waals surface area (Å²) in [6, 6.07) is 4.26. The highest BCUT2D eigenvalue weighted by Crippen LogP contribution is 2.48. The Morgan fingerprint density at radius 2 is 2.25 bits per heavy atom. The van der Waals surface area contributed by atoms with E-state index < -0.39 is 16.4 Å². The van der Waals surface area contributed by atoms with E-state index in [0.717, 1.165) is 32.4 Å². The molecule has 1 N–H and O–H groups in total. The lowest BCUT2D eigenvalue weighted by molar-refractivity contribution is -0.387. The predicted molar refractivity (Wildman–Crippen MR) is 72.9 cm³/mol. The van der Waals surface area contributed by atoms with E-state index >= 15 is 0 Å². The third-order valence-electron chi connectivity index (χ3n) is 3.86. The molecular weight excluding hydrogens is 263 g/mol. The van der Waals surface area contributed by atoms with Gasteiger partial charge in [-0.1, -0.05) is 12.1 Å². The van der Waals surface area contributed by atoms with E-state index in [2.05, 4.69) is 5.32 Å². The second kappa shape index (κ2) is 6.28. The Labute approximate surface area is 117 Å². The number of benzene rings is 1. The summed E-state index contributed by atoms with van der Waals surface area (Å²) < 4.78 is 18.9. The van der Waals surface area contributed by atoms with Crippen LogP contribution >= 0.6 is 0 Å². The molecule has 1 aliphatic rings. The summed E-state index contributed by atoms with van der Waals surface area (Å²) >= 11 is 0. The maximum absolute atomic E-state index is 13.9. The van der Waals surface area contributed by atoms with E-state index in [4.69, 9.17) is 4.74 Å². The molecule has 1 aromatic carbocycles. The lowest BCUT2D eigenvalue weighted by Crippen LogP contribution is -2.25. The fourth-order valence-corrected chi connectivity index (χ4v) is 2.32. The number of halogens is 1. The third kappa shape index (κ3) is 3.52. The maximum Gasteiger partial charge on any atom is 0.305 e. The van der Waals surface area contributed by atoms with Gasteiger partial charge < -0.3 is 10.1 Å². The molecule has 0 spiro atoms. The molecule has 0 saturated heterocycles.